The lowest BCUT2D eigenvalue weighted by Crippen LogP contribution is -2.10. The molecular weight excluding hydrogens is 352 g/mol. The van der Waals surface area contributed by atoms with Crippen molar-refractivity contribution in [2.45, 2.75) is 104 Å². The highest BCUT2D eigenvalue weighted by Gasteiger charge is 2.18. The van der Waals surface area contributed by atoms with Crippen molar-refractivity contribution < 1.29 is 19.8 Å². The van der Waals surface area contributed by atoms with E-state index in [2.05, 4.69) is 13.8 Å². The minimum atomic E-state index is -1.03. The number of hydrogen-bond donors (Lipinski definition) is 2. The van der Waals surface area contributed by atoms with E-state index in [0.717, 1.165) is 36.8 Å². The van der Waals surface area contributed by atoms with Crippen molar-refractivity contribution in [1.29, 1.82) is 0 Å². The minimum Gasteiger partial charge on any atom is -0.478 e. The van der Waals surface area contributed by atoms with Gasteiger partial charge in [0, 0.05) is 0 Å². The molecule has 0 bridgehead atoms. The van der Waals surface area contributed by atoms with Gasteiger partial charge in [0.25, 0.3) is 0 Å². The second kappa shape index (κ2) is 14.2. The van der Waals surface area contributed by atoms with E-state index < -0.39 is 11.9 Å². The van der Waals surface area contributed by atoms with Crippen LogP contribution < -0.4 is 0 Å². The molecule has 0 aliphatic rings. The third kappa shape index (κ3) is 8.90. The first-order chi connectivity index (χ1) is 13.5. The van der Waals surface area contributed by atoms with E-state index in [9.17, 15) is 19.8 Å². The summed E-state index contributed by atoms with van der Waals surface area (Å²) < 4.78 is 0. The average molecular weight is 391 g/mol. The van der Waals surface area contributed by atoms with Crippen molar-refractivity contribution in [2.24, 2.45) is 0 Å². The Balaban J connectivity index is 2.79. The summed E-state index contributed by atoms with van der Waals surface area (Å²) in [6.07, 6.45) is 15.2. The average Bonchev–Trinajstić information content (AvgIpc) is 2.66. The third-order valence-corrected chi connectivity index (χ3v) is 5.39. The van der Waals surface area contributed by atoms with Gasteiger partial charge in [-0.15, -0.1) is 0 Å². The number of aryl methyl sites for hydroxylation is 2. The summed E-state index contributed by atoms with van der Waals surface area (Å²) in [5.74, 6) is -2.07. The molecule has 28 heavy (non-hydrogen) atoms. The molecule has 0 aliphatic heterocycles. The molecule has 0 aromatic heterocycles. The van der Waals surface area contributed by atoms with Crippen LogP contribution in [0.25, 0.3) is 0 Å². The van der Waals surface area contributed by atoms with E-state index in [0.29, 0.717) is 12.8 Å². The first kappa shape index (κ1) is 24.2. The Kier molecular flexibility index (Phi) is 12.3. The zero-order valence-corrected chi connectivity index (χ0v) is 17.8. The predicted octanol–water partition coefficient (Wildman–Crippen LogP) is 6.89. The van der Waals surface area contributed by atoms with E-state index in [-0.39, 0.29) is 11.1 Å². The van der Waals surface area contributed by atoms with Crippen LogP contribution in [-0.4, -0.2) is 22.2 Å². The van der Waals surface area contributed by atoms with Crippen molar-refractivity contribution in [1.82, 2.24) is 0 Å². The molecule has 0 amide bonds. The van der Waals surface area contributed by atoms with Gasteiger partial charge in [-0.2, -0.15) is 0 Å². The van der Waals surface area contributed by atoms with E-state index in [1.807, 2.05) is 6.07 Å². The summed E-state index contributed by atoms with van der Waals surface area (Å²) in [4.78, 5) is 23.3. The maximum atomic E-state index is 11.6. The molecule has 0 aliphatic carbocycles. The molecular formula is C24H38O4. The highest BCUT2D eigenvalue weighted by atomic mass is 16.4. The molecule has 0 radical (unpaired) electrons. The molecule has 0 spiro atoms. The van der Waals surface area contributed by atoms with Gasteiger partial charge in [-0.3, -0.25) is 0 Å². The van der Waals surface area contributed by atoms with Gasteiger partial charge in [-0.05, 0) is 42.9 Å². The molecule has 2 N–H and O–H groups in total. The Labute approximate surface area is 170 Å². The van der Waals surface area contributed by atoms with Gasteiger partial charge in [-0.1, -0.05) is 84.1 Å². The van der Waals surface area contributed by atoms with Crippen LogP contribution in [0.2, 0.25) is 0 Å². The molecule has 4 heteroatoms. The standard InChI is InChI=1S/C24H38O4/c1-3-5-7-9-11-13-15-19-17-20(16-14-12-10-8-6-4-2)22(24(27)28)18-21(19)23(25)26/h17-18H,3-16H2,1-2H3,(H,25,26)(H,27,28). The lowest BCUT2D eigenvalue weighted by atomic mass is 9.92. The van der Waals surface area contributed by atoms with Gasteiger partial charge in [0.05, 0.1) is 11.1 Å². The fraction of sp³-hybridized carbons (Fsp3) is 0.667. The quantitative estimate of drug-likeness (QED) is 0.301. The fourth-order valence-corrected chi connectivity index (χ4v) is 3.70. The molecule has 1 aromatic carbocycles. The monoisotopic (exact) mass is 390 g/mol. The lowest BCUT2D eigenvalue weighted by Gasteiger charge is -2.13. The Morgan fingerprint density at radius 3 is 1.32 bits per heavy atom. The maximum Gasteiger partial charge on any atom is 0.335 e. The summed E-state index contributed by atoms with van der Waals surface area (Å²) >= 11 is 0. The van der Waals surface area contributed by atoms with Crippen LogP contribution in [0.4, 0.5) is 0 Å². The predicted molar refractivity (Wildman–Crippen MR) is 115 cm³/mol. The zero-order chi connectivity index (χ0) is 20.8. The van der Waals surface area contributed by atoms with Crippen molar-refractivity contribution in [3.05, 3.63) is 34.4 Å². The van der Waals surface area contributed by atoms with Gasteiger partial charge >= 0.3 is 11.9 Å². The van der Waals surface area contributed by atoms with Crippen molar-refractivity contribution in [3.8, 4) is 0 Å². The lowest BCUT2D eigenvalue weighted by molar-refractivity contribution is 0.0695. The summed E-state index contributed by atoms with van der Waals surface area (Å²) in [5.41, 5.74) is 1.87. The van der Waals surface area contributed by atoms with E-state index in [1.54, 1.807) is 0 Å². The van der Waals surface area contributed by atoms with Crippen LogP contribution in [0.15, 0.2) is 12.1 Å². The van der Waals surface area contributed by atoms with Gasteiger partial charge < -0.3 is 10.2 Å². The Bertz CT molecular complexity index is 558. The van der Waals surface area contributed by atoms with Crippen LogP contribution >= 0.6 is 0 Å². The van der Waals surface area contributed by atoms with Crippen molar-refractivity contribution in [3.63, 3.8) is 0 Å². The highest BCUT2D eigenvalue weighted by Crippen LogP contribution is 2.23. The van der Waals surface area contributed by atoms with E-state index >= 15 is 0 Å². The van der Waals surface area contributed by atoms with Gasteiger partial charge in [0.1, 0.15) is 0 Å². The van der Waals surface area contributed by atoms with E-state index in [4.69, 9.17) is 0 Å². The summed E-state index contributed by atoms with van der Waals surface area (Å²) in [7, 11) is 0. The number of carboxylic acids is 2. The maximum absolute atomic E-state index is 11.6. The summed E-state index contributed by atoms with van der Waals surface area (Å²) in [6, 6.07) is 3.23. The summed E-state index contributed by atoms with van der Waals surface area (Å²) in [6.45, 7) is 4.38. The molecule has 0 atom stereocenters. The Hall–Kier alpha value is -1.84. The third-order valence-electron chi connectivity index (χ3n) is 5.39. The largest absolute Gasteiger partial charge is 0.478 e. The number of benzene rings is 1. The molecule has 4 nitrogen and oxygen atoms in total. The number of unbranched alkanes of at least 4 members (excludes halogenated alkanes) is 10. The molecule has 0 fully saturated rings. The van der Waals surface area contributed by atoms with Crippen molar-refractivity contribution >= 4 is 11.9 Å². The number of aromatic carboxylic acids is 2. The second-order valence-electron chi connectivity index (χ2n) is 7.81. The van der Waals surface area contributed by atoms with Gasteiger partial charge in [-0.25, -0.2) is 9.59 Å². The van der Waals surface area contributed by atoms with Crippen LogP contribution in [0.5, 0.6) is 0 Å². The van der Waals surface area contributed by atoms with Crippen LogP contribution in [0.1, 0.15) is 123 Å². The smallest absolute Gasteiger partial charge is 0.335 e. The zero-order valence-electron chi connectivity index (χ0n) is 17.8. The van der Waals surface area contributed by atoms with Crippen LogP contribution in [0, 0.1) is 0 Å². The Morgan fingerprint density at radius 2 is 0.964 bits per heavy atom. The number of hydrogen-bond acceptors (Lipinski definition) is 2. The molecule has 1 rings (SSSR count). The van der Waals surface area contributed by atoms with E-state index in [1.165, 1.54) is 57.4 Å². The van der Waals surface area contributed by atoms with Crippen LogP contribution in [0.3, 0.4) is 0 Å². The molecule has 0 heterocycles. The first-order valence-corrected chi connectivity index (χ1v) is 11.1. The Morgan fingerprint density at radius 1 is 0.607 bits per heavy atom. The topological polar surface area (TPSA) is 74.6 Å². The fourth-order valence-electron chi connectivity index (χ4n) is 3.70. The molecule has 0 saturated carbocycles. The van der Waals surface area contributed by atoms with Crippen molar-refractivity contribution in [2.75, 3.05) is 0 Å². The molecule has 0 unspecified atom stereocenters. The van der Waals surface area contributed by atoms with Crippen LogP contribution in [-0.2, 0) is 12.8 Å². The normalized spacial score (nSPS) is 10.9. The molecule has 158 valence electrons. The minimum absolute atomic E-state index is 0.151. The van der Waals surface area contributed by atoms with Gasteiger partial charge in [0.2, 0.25) is 0 Å². The number of rotatable bonds is 16. The molecule has 0 saturated heterocycles. The highest BCUT2D eigenvalue weighted by molar-refractivity contribution is 5.96. The SMILES string of the molecule is CCCCCCCCc1cc(CCCCCCCC)c(C(=O)O)cc1C(=O)O. The van der Waals surface area contributed by atoms with Gasteiger partial charge in [0.15, 0.2) is 0 Å². The number of carboxylic acid groups (broad SMARTS) is 2. The number of carbonyl (C=O) groups is 2. The summed E-state index contributed by atoms with van der Waals surface area (Å²) in [5, 5.41) is 19.1. The molecule has 1 aromatic rings. The second-order valence-corrected chi connectivity index (χ2v) is 7.81. The first-order valence-electron chi connectivity index (χ1n) is 11.1.